The van der Waals surface area contributed by atoms with E-state index in [9.17, 15) is 4.79 Å². The number of ether oxygens (including phenoxy) is 3. The zero-order valence-corrected chi connectivity index (χ0v) is 14.2. The number of methoxy groups -OCH3 is 1. The number of benzene rings is 2. The minimum absolute atomic E-state index is 0.173. The van der Waals surface area contributed by atoms with E-state index in [1.54, 1.807) is 38.3 Å². The molecule has 0 heterocycles. The van der Waals surface area contributed by atoms with Crippen molar-refractivity contribution in [1.29, 1.82) is 0 Å². The Labute approximate surface area is 142 Å². The summed E-state index contributed by atoms with van der Waals surface area (Å²) in [5.41, 5.74) is 0.978. The van der Waals surface area contributed by atoms with Crippen molar-refractivity contribution in [2.24, 2.45) is 0 Å². The van der Waals surface area contributed by atoms with Crippen LogP contribution in [0.4, 0.5) is 0 Å². The van der Waals surface area contributed by atoms with Crippen molar-refractivity contribution < 1.29 is 19.0 Å². The molecule has 5 nitrogen and oxygen atoms in total. The summed E-state index contributed by atoms with van der Waals surface area (Å²) in [7, 11) is 1.60. The maximum absolute atomic E-state index is 12.2. The van der Waals surface area contributed by atoms with E-state index in [1.165, 1.54) is 0 Å². The fraction of sp³-hybridized carbons (Fsp3) is 0.316. The summed E-state index contributed by atoms with van der Waals surface area (Å²) in [5, 5.41) is 2.87. The smallest absolute Gasteiger partial charge is 0.261 e. The first-order valence-electron chi connectivity index (χ1n) is 7.92. The van der Waals surface area contributed by atoms with Crippen LogP contribution in [0.1, 0.15) is 19.4 Å². The third-order valence-corrected chi connectivity index (χ3v) is 3.42. The molecule has 0 unspecified atom stereocenters. The van der Waals surface area contributed by atoms with Crippen molar-refractivity contribution in [3.05, 3.63) is 54.1 Å². The lowest BCUT2D eigenvalue weighted by atomic mass is 10.2. The Morgan fingerprint density at radius 3 is 2.46 bits per heavy atom. The third-order valence-electron chi connectivity index (χ3n) is 3.42. The summed E-state index contributed by atoms with van der Waals surface area (Å²) in [6.07, 6.45) is -0.589. The Kier molecular flexibility index (Phi) is 6.49. The Bertz CT molecular complexity index is 655. The summed E-state index contributed by atoms with van der Waals surface area (Å²) in [6, 6.07) is 14.8. The monoisotopic (exact) mass is 329 g/mol. The van der Waals surface area contributed by atoms with Gasteiger partial charge in [0.05, 0.1) is 13.7 Å². The van der Waals surface area contributed by atoms with Crippen LogP contribution in [0, 0.1) is 0 Å². The van der Waals surface area contributed by atoms with Crippen LogP contribution in [0.3, 0.4) is 0 Å². The lowest BCUT2D eigenvalue weighted by Gasteiger charge is -2.15. The predicted octanol–water partition coefficient (Wildman–Crippen LogP) is 3.18. The van der Waals surface area contributed by atoms with E-state index in [0.717, 1.165) is 17.1 Å². The van der Waals surface area contributed by atoms with Gasteiger partial charge in [0.15, 0.2) is 6.10 Å². The maximum Gasteiger partial charge on any atom is 0.261 e. The zero-order chi connectivity index (χ0) is 17.4. The summed E-state index contributed by atoms with van der Waals surface area (Å²) >= 11 is 0. The van der Waals surface area contributed by atoms with Crippen LogP contribution >= 0.6 is 0 Å². The highest BCUT2D eigenvalue weighted by atomic mass is 16.5. The Morgan fingerprint density at radius 2 is 1.79 bits per heavy atom. The molecular weight excluding hydrogens is 306 g/mol. The van der Waals surface area contributed by atoms with Gasteiger partial charge in [-0.05, 0) is 55.8 Å². The molecule has 2 aromatic rings. The van der Waals surface area contributed by atoms with E-state index in [1.807, 2.05) is 31.2 Å². The zero-order valence-electron chi connectivity index (χ0n) is 14.2. The molecule has 0 aliphatic carbocycles. The van der Waals surface area contributed by atoms with Crippen molar-refractivity contribution in [3.8, 4) is 17.2 Å². The predicted molar refractivity (Wildman–Crippen MR) is 92.5 cm³/mol. The number of amides is 1. The van der Waals surface area contributed by atoms with Gasteiger partial charge in [-0.25, -0.2) is 0 Å². The standard InChI is InChI=1S/C19H23NO4/c1-4-23-18-7-5-6-15(12-18)13-20-19(21)14(2)24-17-10-8-16(22-3)9-11-17/h5-12,14H,4,13H2,1-3H3,(H,20,21)/t14-/m0/s1. The molecule has 0 aliphatic rings. The molecule has 2 aromatic carbocycles. The van der Waals surface area contributed by atoms with Crippen molar-refractivity contribution in [2.45, 2.75) is 26.5 Å². The highest BCUT2D eigenvalue weighted by Crippen LogP contribution is 2.18. The minimum Gasteiger partial charge on any atom is -0.497 e. The average Bonchev–Trinajstić information content (AvgIpc) is 2.61. The quantitative estimate of drug-likeness (QED) is 0.808. The molecule has 0 aromatic heterocycles. The van der Waals surface area contributed by atoms with Crippen LogP contribution in [0.25, 0.3) is 0 Å². The van der Waals surface area contributed by atoms with Crippen LogP contribution in [-0.4, -0.2) is 25.7 Å². The molecule has 5 heteroatoms. The molecule has 0 bridgehead atoms. The first-order valence-corrected chi connectivity index (χ1v) is 7.92. The van der Waals surface area contributed by atoms with Crippen LogP contribution in [0.5, 0.6) is 17.2 Å². The van der Waals surface area contributed by atoms with Gasteiger partial charge in [0.25, 0.3) is 5.91 Å². The van der Waals surface area contributed by atoms with Crippen LogP contribution < -0.4 is 19.5 Å². The molecule has 1 atom stereocenters. The Morgan fingerprint density at radius 1 is 1.08 bits per heavy atom. The second kappa shape index (κ2) is 8.82. The van der Waals surface area contributed by atoms with Gasteiger partial charge in [-0.1, -0.05) is 12.1 Å². The normalized spacial score (nSPS) is 11.5. The molecule has 0 aliphatic heterocycles. The summed E-state index contributed by atoms with van der Waals surface area (Å²) in [6.45, 7) is 4.70. The number of carbonyl (C=O) groups is 1. The van der Waals surface area contributed by atoms with Gasteiger partial charge >= 0.3 is 0 Å². The second-order valence-corrected chi connectivity index (χ2v) is 5.23. The minimum atomic E-state index is -0.589. The summed E-state index contributed by atoms with van der Waals surface area (Å²) in [5.74, 6) is 1.99. The van der Waals surface area contributed by atoms with Crippen molar-refractivity contribution in [1.82, 2.24) is 5.32 Å². The fourth-order valence-corrected chi connectivity index (χ4v) is 2.16. The first-order chi connectivity index (χ1) is 11.6. The molecule has 1 N–H and O–H groups in total. The van der Waals surface area contributed by atoms with Crippen molar-refractivity contribution >= 4 is 5.91 Å². The molecule has 1 amide bonds. The first kappa shape index (κ1) is 17.7. The van der Waals surface area contributed by atoms with E-state index in [-0.39, 0.29) is 5.91 Å². The molecule has 0 saturated carbocycles. The van der Waals surface area contributed by atoms with Crippen LogP contribution in [-0.2, 0) is 11.3 Å². The van der Waals surface area contributed by atoms with E-state index in [4.69, 9.17) is 14.2 Å². The van der Waals surface area contributed by atoms with Crippen molar-refractivity contribution in [2.75, 3.05) is 13.7 Å². The fourth-order valence-electron chi connectivity index (χ4n) is 2.16. The Hall–Kier alpha value is -2.69. The van der Waals surface area contributed by atoms with Gasteiger partial charge < -0.3 is 19.5 Å². The molecule has 128 valence electrons. The SMILES string of the molecule is CCOc1cccc(CNC(=O)[C@H](C)Oc2ccc(OC)cc2)c1. The topological polar surface area (TPSA) is 56.8 Å². The van der Waals surface area contributed by atoms with Gasteiger partial charge in [0, 0.05) is 6.54 Å². The van der Waals surface area contributed by atoms with E-state index in [2.05, 4.69) is 5.32 Å². The Balaban J connectivity index is 1.85. The lowest BCUT2D eigenvalue weighted by Crippen LogP contribution is -2.35. The van der Waals surface area contributed by atoms with Crippen LogP contribution in [0.15, 0.2) is 48.5 Å². The van der Waals surface area contributed by atoms with Gasteiger partial charge in [0.2, 0.25) is 0 Å². The number of hydrogen-bond donors (Lipinski definition) is 1. The molecule has 0 radical (unpaired) electrons. The average molecular weight is 329 g/mol. The highest BCUT2D eigenvalue weighted by molar-refractivity contribution is 5.80. The van der Waals surface area contributed by atoms with Gasteiger partial charge in [-0.3, -0.25) is 4.79 Å². The van der Waals surface area contributed by atoms with E-state index in [0.29, 0.717) is 18.9 Å². The van der Waals surface area contributed by atoms with E-state index >= 15 is 0 Å². The molecule has 0 saturated heterocycles. The molecule has 2 rings (SSSR count). The van der Waals surface area contributed by atoms with Crippen LogP contribution in [0.2, 0.25) is 0 Å². The van der Waals surface area contributed by atoms with E-state index < -0.39 is 6.10 Å². The lowest BCUT2D eigenvalue weighted by molar-refractivity contribution is -0.127. The van der Waals surface area contributed by atoms with Gasteiger partial charge in [0.1, 0.15) is 17.2 Å². The molecule has 24 heavy (non-hydrogen) atoms. The highest BCUT2D eigenvalue weighted by Gasteiger charge is 2.14. The van der Waals surface area contributed by atoms with Gasteiger partial charge in [-0.2, -0.15) is 0 Å². The summed E-state index contributed by atoms with van der Waals surface area (Å²) in [4.78, 5) is 12.2. The number of rotatable bonds is 8. The maximum atomic E-state index is 12.2. The largest absolute Gasteiger partial charge is 0.497 e. The molecular formula is C19H23NO4. The van der Waals surface area contributed by atoms with Gasteiger partial charge in [-0.15, -0.1) is 0 Å². The number of nitrogens with one attached hydrogen (secondary N) is 1. The molecule has 0 fully saturated rings. The van der Waals surface area contributed by atoms with Crippen molar-refractivity contribution in [3.63, 3.8) is 0 Å². The second-order valence-electron chi connectivity index (χ2n) is 5.23. The molecule has 0 spiro atoms. The summed E-state index contributed by atoms with van der Waals surface area (Å²) < 4.78 is 16.2. The third kappa shape index (κ3) is 5.19. The number of carbonyl (C=O) groups excluding carboxylic acids is 1. The number of hydrogen-bond acceptors (Lipinski definition) is 4.